The van der Waals surface area contributed by atoms with E-state index in [1.807, 2.05) is 24.3 Å². The van der Waals surface area contributed by atoms with Gasteiger partial charge in [-0.3, -0.25) is 4.79 Å². The molecular weight excluding hydrogens is 352 g/mol. The van der Waals surface area contributed by atoms with Gasteiger partial charge in [0.25, 0.3) is 0 Å². The van der Waals surface area contributed by atoms with Crippen molar-refractivity contribution in [1.29, 1.82) is 0 Å². The summed E-state index contributed by atoms with van der Waals surface area (Å²) in [4.78, 5) is 23.9. The van der Waals surface area contributed by atoms with E-state index in [4.69, 9.17) is 11.6 Å². The smallest absolute Gasteiger partial charge is 0.319 e. The molecule has 136 valence electrons. The molecule has 3 rings (SSSR count). The Morgan fingerprint density at radius 3 is 2.27 bits per heavy atom. The first-order valence-electron chi connectivity index (χ1n) is 8.47. The van der Waals surface area contributed by atoms with Gasteiger partial charge in [0.2, 0.25) is 5.91 Å². The zero-order valence-corrected chi connectivity index (χ0v) is 15.0. The fourth-order valence-electron chi connectivity index (χ4n) is 2.52. The van der Waals surface area contributed by atoms with E-state index in [1.165, 1.54) is 0 Å². The van der Waals surface area contributed by atoms with Crippen LogP contribution < -0.4 is 21.3 Å². The van der Waals surface area contributed by atoms with Gasteiger partial charge in [0, 0.05) is 30.3 Å². The average molecular weight is 373 g/mol. The van der Waals surface area contributed by atoms with Crippen molar-refractivity contribution < 1.29 is 9.59 Å². The van der Waals surface area contributed by atoms with Crippen molar-refractivity contribution in [1.82, 2.24) is 16.0 Å². The van der Waals surface area contributed by atoms with Gasteiger partial charge in [-0.15, -0.1) is 0 Å². The number of nitrogens with one attached hydrogen (secondary N) is 4. The van der Waals surface area contributed by atoms with E-state index >= 15 is 0 Å². The van der Waals surface area contributed by atoms with Crippen molar-refractivity contribution in [3.63, 3.8) is 0 Å². The molecule has 0 unspecified atom stereocenters. The Morgan fingerprint density at radius 2 is 1.65 bits per heavy atom. The van der Waals surface area contributed by atoms with Crippen LogP contribution in [0.4, 0.5) is 10.5 Å². The molecule has 7 heteroatoms. The molecule has 0 saturated carbocycles. The van der Waals surface area contributed by atoms with Gasteiger partial charge < -0.3 is 21.3 Å². The fourth-order valence-corrected chi connectivity index (χ4v) is 2.65. The molecule has 1 saturated heterocycles. The number of hydrogen-bond donors (Lipinski definition) is 4. The van der Waals surface area contributed by atoms with Gasteiger partial charge in [-0.2, -0.15) is 0 Å². The Balaban J connectivity index is 1.43. The Hall–Kier alpha value is -2.57. The highest BCUT2D eigenvalue weighted by Gasteiger charge is 2.18. The summed E-state index contributed by atoms with van der Waals surface area (Å²) in [5, 5.41) is 12.3. The molecule has 0 atom stereocenters. The summed E-state index contributed by atoms with van der Waals surface area (Å²) in [5.74, 6) is 0.0120. The Bertz CT molecular complexity index is 758. The molecular formula is C19H21ClN4O2. The minimum atomic E-state index is -0.289. The van der Waals surface area contributed by atoms with Crippen LogP contribution in [0.5, 0.6) is 0 Å². The molecule has 3 amide bonds. The van der Waals surface area contributed by atoms with E-state index in [0.717, 1.165) is 24.2 Å². The predicted octanol–water partition coefficient (Wildman–Crippen LogP) is 2.29. The highest BCUT2D eigenvalue weighted by molar-refractivity contribution is 6.30. The van der Waals surface area contributed by atoms with Crippen LogP contribution in [0.25, 0.3) is 0 Å². The second-order valence-corrected chi connectivity index (χ2v) is 6.67. The van der Waals surface area contributed by atoms with Crippen molar-refractivity contribution >= 4 is 29.2 Å². The van der Waals surface area contributed by atoms with Crippen LogP contribution >= 0.6 is 11.6 Å². The van der Waals surface area contributed by atoms with Crippen LogP contribution in [0.2, 0.25) is 5.02 Å². The predicted molar refractivity (Wildman–Crippen MR) is 102 cm³/mol. The lowest BCUT2D eigenvalue weighted by atomic mass is 10.1. The van der Waals surface area contributed by atoms with Crippen molar-refractivity contribution in [2.24, 2.45) is 0 Å². The molecule has 2 aromatic rings. The van der Waals surface area contributed by atoms with E-state index in [2.05, 4.69) is 21.3 Å². The maximum absolute atomic E-state index is 12.0. The quantitative estimate of drug-likeness (QED) is 0.628. The fraction of sp³-hybridized carbons (Fsp3) is 0.263. The van der Waals surface area contributed by atoms with Crippen molar-refractivity contribution in [3.8, 4) is 0 Å². The maximum Gasteiger partial charge on any atom is 0.319 e. The number of carbonyl (C=O) groups excluding carboxylic acids is 2. The summed E-state index contributed by atoms with van der Waals surface area (Å²) in [6, 6.07) is 14.5. The normalized spacial score (nSPS) is 13.6. The first kappa shape index (κ1) is 18.2. The first-order valence-corrected chi connectivity index (χ1v) is 8.84. The molecule has 1 aliphatic heterocycles. The van der Waals surface area contributed by atoms with Gasteiger partial charge in [0.1, 0.15) is 0 Å². The maximum atomic E-state index is 12.0. The van der Waals surface area contributed by atoms with Gasteiger partial charge in [-0.05, 0) is 35.4 Å². The molecule has 0 spiro atoms. The third kappa shape index (κ3) is 5.47. The van der Waals surface area contributed by atoms with Gasteiger partial charge in [-0.25, -0.2) is 4.79 Å². The Labute approximate surface area is 157 Å². The largest absolute Gasteiger partial charge is 0.351 e. The summed E-state index contributed by atoms with van der Waals surface area (Å²) in [6.07, 6.45) is 0.333. The highest BCUT2D eigenvalue weighted by atomic mass is 35.5. The molecule has 26 heavy (non-hydrogen) atoms. The second kappa shape index (κ2) is 8.69. The molecule has 0 aromatic heterocycles. The van der Waals surface area contributed by atoms with Crippen molar-refractivity contribution in [2.75, 3.05) is 18.4 Å². The van der Waals surface area contributed by atoms with Gasteiger partial charge >= 0.3 is 6.03 Å². The summed E-state index contributed by atoms with van der Waals surface area (Å²) >= 11 is 5.83. The number of anilines is 1. The number of rotatable bonds is 6. The lowest BCUT2D eigenvalue weighted by Crippen LogP contribution is -2.57. The van der Waals surface area contributed by atoms with Gasteiger partial charge in [0.05, 0.1) is 12.5 Å². The first-order chi connectivity index (χ1) is 12.6. The molecule has 0 radical (unpaired) electrons. The van der Waals surface area contributed by atoms with Crippen LogP contribution in [0.3, 0.4) is 0 Å². The molecule has 2 aromatic carbocycles. The topological polar surface area (TPSA) is 82.3 Å². The van der Waals surface area contributed by atoms with Gasteiger partial charge in [-0.1, -0.05) is 35.9 Å². The molecule has 1 heterocycles. The van der Waals surface area contributed by atoms with Gasteiger partial charge in [0.15, 0.2) is 0 Å². The highest BCUT2D eigenvalue weighted by Crippen LogP contribution is 2.11. The Kier molecular flexibility index (Phi) is 6.09. The monoisotopic (exact) mass is 372 g/mol. The second-order valence-electron chi connectivity index (χ2n) is 6.23. The molecule has 0 aliphatic carbocycles. The van der Waals surface area contributed by atoms with Crippen LogP contribution in [0.15, 0.2) is 48.5 Å². The van der Waals surface area contributed by atoms with E-state index < -0.39 is 0 Å². The zero-order chi connectivity index (χ0) is 18.4. The van der Waals surface area contributed by atoms with E-state index in [1.54, 1.807) is 24.3 Å². The van der Waals surface area contributed by atoms with Crippen LogP contribution in [0, 0.1) is 0 Å². The summed E-state index contributed by atoms with van der Waals surface area (Å²) in [7, 11) is 0. The summed E-state index contributed by atoms with van der Waals surface area (Å²) < 4.78 is 0. The lowest BCUT2D eigenvalue weighted by Gasteiger charge is -2.27. The van der Waals surface area contributed by atoms with Crippen LogP contribution in [0.1, 0.15) is 11.1 Å². The van der Waals surface area contributed by atoms with Crippen LogP contribution in [-0.2, 0) is 17.8 Å². The summed E-state index contributed by atoms with van der Waals surface area (Å²) in [5.41, 5.74) is 2.54. The number of benzene rings is 2. The minimum absolute atomic E-state index is 0.0120. The Morgan fingerprint density at radius 1 is 1.00 bits per heavy atom. The van der Waals surface area contributed by atoms with E-state index in [9.17, 15) is 9.59 Å². The standard InChI is InChI=1S/C19H21ClN4O2/c20-15-5-1-14(2-6-15)10-22-19(26)24-16-7-3-13(4-8-16)9-18(25)23-17-11-21-12-17/h1-8,17,21H,9-12H2,(H,23,25)(H2,22,24,26). The van der Waals surface area contributed by atoms with Crippen molar-refractivity contribution in [2.45, 2.75) is 19.0 Å². The SMILES string of the molecule is O=C(Cc1ccc(NC(=O)NCc2ccc(Cl)cc2)cc1)NC1CNC1. The third-order valence-electron chi connectivity index (χ3n) is 4.09. The minimum Gasteiger partial charge on any atom is -0.351 e. The van der Waals surface area contributed by atoms with E-state index in [-0.39, 0.29) is 18.0 Å². The van der Waals surface area contributed by atoms with Crippen molar-refractivity contribution in [3.05, 3.63) is 64.7 Å². The lowest BCUT2D eigenvalue weighted by molar-refractivity contribution is -0.121. The zero-order valence-electron chi connectivity index (χ0n) is 14.2. The number of carbonyl (C=O) groups is 2. The third-order valence-corrected chi connectivity index (χ3v) is 4.34. The van der Waals surface area contributed by atoms with E-state index in [0.29, 0.717) is 23.7 Å². The summed E-state index contributed by atoms with van der Waals surface area (Å²) in [6.45, 7) is 2.08. The number of halogens is 1. The van der Waals surface area contributed by atoms with Crippen LogP contribution in [-0.4, -0.2) is 31.1 Å². The molecule has 6 nitrogen and oxygen atoms in total. The molecule has 0 bridgehead atoms. The number of hydrogen-bond acceptors (Lipinski definition) is 3. The number of urea groups is 1. The molecule has 1 fully saturated rings. The number of amides is 3. The molecule has 1 aliphatic rings. The molecule has 4 N–H and O–H groups in total. The average Bonchev–Trinajstić information content (AvgIpc) is 2.59.